The highest BCUT2D eigenvalue weighted by molar-refractivity contribution is 4.75. The summed E-state index contributed by atoms with van der Waals surface area (Å²) in [6.07, 6.45) is -4.16. The molecular formula is C9H16F3NO. The van der Waals surface area contributed by atoms with E-state index in [1.54, 1.807) is 0 Å². The number of hydrogen-bond acceptors (Lipinski definition) is 2. The minimum atomic E-state index is -4.10. The predicted octanol–water partition coefficient (Wildman–Crippen LogP) is 1.91. The monoisotopic (exact) mass is 211 g/mol. The maximum absolute atomic E-state index is 12.1. The zero-order valence-electron chi connectivity index (χ0n) is 8.47. The minimum absolute atomic E-state index is 0.0638. The third-order valence-corrected chi connectivity index (χ3v) is 2.32. The lowest BCUT2D eigenvalue weighted by molar-refractivity contribution is -0.161. The number of alkyl halides is 3. The van der Waals surface area contributed by atoms with Crippen molar-refractivity contribution in [1.82, 2.24) is 4.90 Å². The summed E-state index contributed by atoms with van der Waals surface area (Å²) in [5.41, 5.74) is 0. The van der Waals surface area contributed by atoms with Gasteiger partial charge in [0.25, 0.3) is 0 Å². The Morgan fingerprint density at radius 1 is 1.43 bits per heavy atom. The molecular weight excluding hydrogens is 195 g/mol. The molecule has 0 saturated carbocycles. The van der Waals surface area contributed by atoms with E-state index >= 15 is 0 Å². The number of morpholine rings is 1. The van der Waals surface area contributed by atoms with E-state index in [1.165, 1.54) is 4.90 Å². The van der Waals surface area contributed by atoms with Gasteiger partial charge in [-0.25, -0.2) is 0 Å². The zero-order valence-corrected chi connectivity index (χ0v) is 8.47. The summed E-state index contributed by atoms with van der Waals surface area (Å²) in [5.74, 6) is 0.269. The van der Waals surface area contributed by atoms with Crippen LogP contribution in [0.1, 0.15) is 13.8 Å². The Labute approximate surface area is 82.0 Å². The summed E-state index contributed by atoms with van der Waals surface area (Å²) in [5, 5.41) is 0. The smallest absolute Gasteiger partial charge is 0.375 e. The molecule has 2 nitrogen and oxygen atoms in total. The van der Waals surface area contributed by atoms with Crippen LogP contribution in [0.15, 0.2) is 0 Å². The van der Waals surface area contributed by atoms with Gasteiger partial charge in [0.2, 0.25) is 0 Å². The van der Waals surface area contributed by atoms with E-state index in [1.807, 2.05) is 13.8 Å². The van der Waals surface area contributed by atoms with Crippen LogP contribution in [0.2, 0.25) is 0 Å². The summed E-state index contributed by atoms with van der Waals surface area (Å²) < 4.78 is 41.6. The fraction of sp³-hybridized carbons (Fsp3) is 1.00. The molecule has 0 aromatic carbocycles. The van der Waals surface area contributed by atoms with E-state index in [9.17, 15) is 13.2 Å². The van der Waals surface area contributed by atoms with Crippen LogP contribution in [0.4, 0.5) is 13.2 Å². The Balaban J connectivity index is 2.40. The van der Waals surface area contributed by atoms with Crippen LogP contribution < -0.4 is 0 Å². The first-order valence-electron chi connectivity index (χ1n) is 4.79. The molecule has 0 amide bonds. The van der Waals surface area contributed by atoms with Crippen molar-refractivity contribution >= 4 is 0 Å². The maximum atomic E-state index is 12.1. The molecule has 84 valence electrons. The number of ether oxygens (including phenoxy) is 1. The van der Waals surface area contributed by atoms with Gasteiger partial charge < -0.3 is 4.74 Å². The van der Waals surface area contributed by atoms with Crippen molar-refractivity contribution in [2.75, 3.05) is 26.2 Å². The predicted molar refractivity (Wildman–Crippen MR) is 47.1 cm³/mol. The largest absolute Gasteiger partial charge is 0.401 e. The zero-order chi connectivity index (χ0) is 10.8. The van der Waals surface area contributed by atoms with E-state index in [0.29, 0.717) is 19.7 Å². The topological polar surface area (TPSA) is 12.5 Å². The van der Waals surface area contributed by atoms with Gasteiger partial charge in [-0.15, -0.1) is 0 Å². The van der Waals surface area contributed by atoms with Crippen molar-refractivity contribution in [2.45, 2.75) is 26.1 Å². The van der Waals surface area contributed by atoms with E-state index in [4.69, 9.17) is 4.74 Å². The summed E-state index contributed by atoms with van der Waals surface area (Å²) >= 11 is 0. The van der Waals surface area contributed by atoms with Gasteiger partial charge in [-0.3, -0.25) is 4.90 Å². The van der Waals surface area contributed by atoms with Gasteiger partial charge in [-0.1, -0.05) is 13.8 Å². The molecule has 1 aliphatic heterocycles. The van der Waals surface area contributed by atoms with Crippen LogP contribution in [0.3, 0.4) is 0 Å². The second kappa shape index (κ2) is 4.49. The van der Waals surface area contributed by atoms with Gasteiger partial charge in [0.1, 0.15) is 0 Å². The molecule has 1 fully saturated rings. The van der Waals surface area contributed by atoms with E-state index in [2.05, 4.69) is 0 Å². The average molecular weight is 211 g/mol. The van der Waals surface area contributed by atoms with Crippen molar-refractivity contribution < 1.29 is 17.9 Å². The fourth-order valence-corrected chi connectivity index (χ4v) is 1.53. The van der Waals surface area contributed by atoms with E-state index in [-0.39, 0.29) is 12.0 Å². The molecule has 0 aliphatic carbocycles. The van der Waals surface area contributed by atoms with Gasteiger partial charge in [0.15, 0.2) is 0 Å². The Hall–Kier alpha value is -0.290. The van der Waals surface area contributed by atoms with Crippen molar-refractivity contribution in [2.24, 2.45) is 5.92 Å². The van der Waals surface area contributed by atoms with Crippen LogP contribution >= 0.6 is 0 Å². The average Bonchev–Trinajstić information content (AvgIpc) is 2.01. The molecule has 0 aromatic heterocycles. The van der Waals surface area contributed by atoms with Gasteiger partial charge in [0.05, 0.1) is 19.3 Å². The van der Waals surface area contributed by atoms with Crippen molar-refractivity contribution in [3.8, 4) is 0 Å². The third kappa shape index (κ3) is 3.84. The molecule has 0 spiro atoms. The molecule has 0 bridgehead atoms. The second-order valence-corrected chi connectivity index (χ2v) is 4.00. The van der Waals surface area contributed by atoms with Crippen LogP contribution in [-0.4, -0.2) is 43.4 Å². The Morgan fingerprint density at radius 3 is 2.57 bits per heavy atom. The molecule has 1 rings (SSSR count). The number of halogens is 3. The maximum Gasteiger partial charge on any atom is 0.401 e. The molecule has 1 unspecified atom stereocenters. The van der Waals surface area contributed by atoms with Crippen LogP contribution in [-0.2, 0) is 4.74 Å². The van der Waals surface area contributed by atoms with Crippen molar-refractivity contribution in [1.29, 1.82) is 0 Å². The summed E-state index contributed by atoms with van der Waals surface area (Å²) in [4.78, 5) is 1.41. The van der Waals surface area contributed by atoms with Gasteiger partial charge in [-0.2, -0.15) is 13.2 Å². The lowest BCUT2D eigenvalue weighted by atomic mass is 10.1. The Morgan fingerprint density at radius 2 is 2.07 bits per heavy atom. The minimum Gasteiger partial charge on any atom is -0.375 e. The first-order valence-corrected chi connectivity index (χ1v) is 4.79. The van der Waals surface area contributed by atoms with Gasteiger partial charge >= 0.3 is 6.18 Å². The second-order valence-electron chi connectivity index (χ2n) is 4.00. The van der Waals surface area contributed by atoms with E-state index in [0.717, 1.165) is 0 Å². The summed E-state index contributed by atoms with van der Waals surface area (Å²) in [7, 11) is 0. The van der Waals surface area contributed by atoms with Crippen LogP contribution in [0, 0.1) is 5.92 Å². The Kier molecular flexibility index (Phi) is 3.78. The summed E-state index contributed by atoms with van der Waals surface area (Å²) in [6, 6.07) is 0. The molecule has 14 heavy (non-hydrogen) atoms. The molecule has 5 heteroatoms. The fourth-order valence-electron chi connectivity index (χ4n) is 1.53. The molecule has 1 aliphatic rings. The SMILES string of the molecule is CC(C)C1CN(CC(F)(F)F)CCO1. The highest BCUT2D eigenvalue weighted by atomic mass is 19.4. The highest BCUT2D eigenvalue weighted by Gasteiger charge is 2.33. The van der Waals surface area contributed by atoms with Crippen LogP contribution in [0.5, 0.6) is 0 Å². The number of rotatable bonds is 2. The quantitative estimate of drug-likeness (QED) is 0.691. The highest BCUT2D eigenvalue weighted by Crippen LogP contribution is 2.20. The molecule has 1 saturated heterocycles. The number of nitrogens with zero attached hydrogens (tertiary/aromatic N) is 1. The Bertz CT molecular complexity index is 181. The molecule has 1 heterocycles. The first kappa shape index (κ1) is 11.8. The molecule has 0 aromatic rings. The molecule has 0 radical (unpaired) electrons. The van der Waals surface area contributed by atoms with Gasteiger partial charge in [0, 0.05) is 13.1 Å². The normalized spacial score (nSPS) is 25.7. The van der Waals surface area contributed by atoms with Crippen molar-refractivity contribution in [3.63, 3.8) is 0 Å². The molecule has 1 atom stereocenters. The first-order chi connectivity index (χ1) is 6.38. The van der Waals surface area contributed by atoms with Gasteiger partial charge in [-0.05, 0) is 5.92 Å². The lowest BCUT2D eigenvalue weighted by Crippen LogP contribution is -2.47. The summed E-state index contributed by atoms with van der Waals surface area (Å²) in [6.45, 7) is 4.27. The third-order valence-electron chi connectivity index (χ3n) is 2.32. The number of hydrogen-bond donors (Lipinski definition) is 0. The molecule has 0 N–H and O–H groups in total. The standard InChI is InChI=1S/C9H16F3NO/c1-7(2)8-5-13(3-4-14-8)6-9(10,11)12/h7-8H,3-6H2,1-2H3. The lowest BCUT2D eigenvalue weighted by Gasteiger charge is -2.35. The van der Waals surface area contributed by atoms with E-state index < -0.39 is 12.7 Å². The van der Waals surface area contributed by atoms with Crippen LogP contribution in [0.25, 0.3) is 0 Å². The van der Waals surface area contributed by atoms with Crippen molar-refractivity contribution in [3.05, 3.63) is 0 Å².